The number of rotatable bonds is 5. The Morgan fingerprint density at radius 3 is 2.37 bits per heavy atom. The van der Waals surface area contributed by atoms with Gasteiger partial charge in [0.05, 0.1) is 0 Å². The van der Waals surface area contributed by atoms with Crippen LogP contribution in [0.5, 0.6) is 0 Å². The van der Waals surface area contributed by atoms with Crippen LogP contribution < -0.4 is 5.32 Å². The molecule has 0 bridgehead atoms. The molecule has 0 spiro atoms. The Hall–Kier alpha value is -0.160. The molecule has 0 amide bonds. The molecule has 0 radical (unpaired) electrons. The number of hydrogen-bond acceptors (Lipinski definition) is 2. The van der Waals surface area contributed by atoms with Crippen molar-refractivity contribution in [3.05, 3.63) is 55.1 Å². The van der Waals surface area contributed by atoms with Crippen LogP contribution in [0.2, 0.25) is 0 Å². The van der Waals surface area contributed by atoms with Crippen molar-refractivity contribution < 1.29 is 0 Å². The van der Waals surface area contributed by atoms with Gasteiger partial charge in [0.2, 0.25) is 0 Å². The van der Waals surface area contributed by atoms with Crippen LogP contribution in [-0.2, 0) is 6.42 Å². The molecule has 0 fully saturated rings. The summed E-state index contributed by atoms with van der Waals surface area (Å²) in [5.74, 6) is 0. The summed E-state index contributed by atoms with van der Waals surface area (Å²) in [6.07, 6.45) is 1.04. The second kappa shape index (κ2) is 7.02. The molecule has 2 rings (SSSR count). The van der Waals surface area contributed by atoms with Crippen LogP contribution in [0.15, 0.2) is 44.7 Å². The van der Waals surface area contributed by atoms with Crippen LogP contribution in [-0.4, -0.2) is 6.04 Å². The molecule has 4 heteroatoms. The van der Waals surface area contributed by atoms with Gasteiger partial charge in [0.25, 0.3) is 0 Å². The fourth-order valence-electron chi connectivity index (χ4n) is 2.15. The van der Waals surface area contributed by atoms with E-state index in [0.717, 1.165) is 10.9 Å². The summed E-state index contributed by atoms with van der Waals surface area (Å²) in [5, 5.41) is 5.78. The van der Waals surface area contributed by atoms with E-state index in [9.17, 15) is 0 Å². The molecular formula is C15H17Br2NS. The summed E-state index contributed by atoms with van der Waals surface area (Å²) in [4.78, 5) is 1.36. The second-order valence-corrected chi connectivity index (χ2v) is 7.47. The first-order chi connectivity index (χ1) is 9.06. The average Bonchev–Trinajstić information content (AvgIpc) is 2.78. The minimum Gasteiger partial charge on any atom is -0.307 e. The largest absolute Gasteiger partial charge is 0.307 e. The fraction of sp³-hybridized carbons (Fsp3) is 0.333. The summed E-state index contributed by atoms with van der Waals surface area (Å²) in [7, 11) is 0. The Labute approximate surface area is 135 Å². The van der Waals surface area contributed by atoms with E-state index >= 15 is 0 Å². The third-order valence-electron chi connectivity index (χ3n) is 3.03. The van der Waals surface area contributed by atoms with Crippen molar-refractivity contribution in [3.63, 3.8) is 0 Å². The molecule has 0 aliphatic carbocycles. The molecule has 0 saturated carbocycles. The summed E-state index contributed by atoms with van der Waals surface area (Å²) < 4.78 is 2.33. The lowest BCUT2D eigenvalue weighted by molar-refractivity contribution is 0.481. The van der Waals surface area contributed by atoms with Gasteiger partial charge in [0, 0.05) is 25.9 Å². The first-order valence-electron chi connectivity index (χ1n) is 6.29. The van der Waals surface area contributed by atoms with Crippen molar-refractivity contribution in [2.24, 2.45) is 0 Å². The molecule has 0 saturated heterocycles. The zero-order chi connectivity index (χ0) is 13.8. The molecule has 2 atom stereocenters. The summed E-state index contributed by atoms with van der Waals surface area (Å²) in [6, 6.07) is 11.5. The van der Waals surface area contributed by atoms with Gasteiger partial charge < -0.3 is 5.32 Å². The van der Waals surface area contributed by atoms with E-state index in [1.54, 1.807) is 11.3 Å². The van der Waals surface area contributed by atoms with Crippen LogP contribution in [0.1, 0.15) is 30.3 Å². The van der Waals surface area contributed by atoms with E-state index in [-0.39, 0.29) is 0 Å². The van der Waals surface area contributed by atoms with Crippen LogP contribution >= 0.6 is 43.2 Å². The average molecular weight is 403 g/mol. The first-order valence-corrected chi connectivity index (χ1v) is 8.76. The lowest BCUT2D eigenvalue weighted by Gasteiger charge is -2.19. The van der Waals surface area contributed by atoms with Gasteiger partial charge in [0.15, 0.2) is 0 Å². The highest BCUT2D eigenvalue weighted by molar-refractivity contribution is 9.10. The molecule has 2 aromatic rings. The third-order valence-corrected chi connectivity index (χ3v) is 5.61. The van der Waals surface area contributed by atoms with E-state index in [0.29, 0.717) is 12.1 Å². The highest BCUT2D eigenvalue weighted by Gasteiger charge is 2.13. The number of halogens is 2. The van der Waals surface area contributed by atoms with Crippen molar-refractivity contribution in [1.29, 1.82) is 0 Å². The van der Waals surface area contributed by atoms with Gasteiger partial charge in [-0.2, -0.15) is 0 Å². The minimum absolute atomic E-state index is 0.375. The maximum atomic E-state index is 3.65. The van der Waals surface area contributed by atoms with Crippen LogP contribution in [0, 0.1) is 0 Å². The Bertz CT molecular complexity index is 521. The maximum Gasteiger partial charge on any atom is 0.0399 e. The zero-order valence-electron chi connectivity index (χ0n) is 11.0. The molecule has 1 aromatic heterocycles. The van der Waals surface area contributed by atoms with E-state index < -0.39 is 0 Å². The van der Waals surface area contributed by atoms with Crippen molar-refractivity contribution in [3.8, 4) is 0 Å². The Balaban J connectivity index is 1.92. The van der Waals surface area contributed by atoms with Gasteiger partial charge in [-0.25, -0.2) is 0 Å². The molecule has 1 N–H and O–H groups in total. The number of benzene rings is 1. The highest BCUT2D eigenvalue weighted by Crippen LogP contribution is 2.29. The van der Waals surface area contributed by atoms with Gasteiger partial charge in [-0.15, -0.1) is 11.3 Å². The maximum absolute atomic E-state index is 3.65. The van der Waals surface area contributed by atoms with Crippen molar-refractivity contribution >= 4 is 43.2 Å². The molecule has 0 aliphatic heterocycles. The summed E-state index contributed by atoms with van der Waals surface area (Å²) in [6.45, 7) is 4.45. The quantitative estimate of drug-likeness (QED) is 0.690. The normalized spacial score (nSPS) is 14.3. The Kier molecular flexibility index (Phi) is 5.63. The van der Waals surface area contributed by atoms with Crippen molar-refractivity contribution in [2.75, 3.05) is 0 Å². The standard InChI is InChI=1S/C15H17Br2NS/c1-10(9-12-3-5-13(16)6-4-12)18-11(2)15-14(17)7-8-19-15/h3-8,10-11,18H,9H2,1-2H3. The molecule has 1 aromatic carbocycles. The lowest BCUT2D eigenvalue weighted by atomic mass is 10.1. The smallest absolute Gasteiger partial charge is 0.0399 e. The Morgan fingerprint density at radius 2 is 1.79 bits per heavy atom. The summed E-state index contributed by atoms with van der Waals surface area (Å²) >= 11 is 8.86. The van der Waals surface area contributed by atoms with Gasteiger partial charge in [0.1, 0.15) is 0 Å². The van der Waals surface area contributed by atoms with Crippen LogP contribution in [0.4, 0.5) is 0 Å². The monoisotopic (exact) mass is 401 g/mol. The van der Waals surface area contributed by atoms with E-state index in [1.807, 2.05) is 0 Å². The number of hydrogen-bond donors (Lipinski definition) is 1. The van der Waals surface area contributed by atoms with E-state index in [4.69, 9.17) is 0 Å². The predicted molar refractivity (Wildman–Crippen MR) is 90.9 cm³/mol. The van der Waals surface area contributed by atoms with E-state index in [2.05, 4.69) is 86.7 Å². The second-order valence-electron chi connectivity index (χ2n) is 4.75. The number of thiophene rings is 1. The third kappa shape index (κ3) is 4.42. The summed E-state index contributed by atoms with van der Waals surface area (Å²) in [5.41, 5.74) is 1.36. The van der Waals surface area contributed by atoms with Crippen LogP contribution in [0.25, 0.3) is 0 Å². The number of nitrogens with one attached hydrogen (secondary N) is 1. The van der Waals surface area contributed by atoms with Gasteiger partial charge in [-0.1, -0.05) is 28.1 Å². The highest BCUT2D eigenvalue weighted by atomic mass is 79.9. The zero-order valence-corrected chi connectivity index (χ0v) is 15.0. The first kappa shape index (κ1) is 15.2. The predicted octanol–water partition coefficient (Wildman–Crippen LogP) is 5.55. The molecule has 2 unspecified atom stereocenters. The van der Waals surface area contributed by atoms with E-state index in [1.165, 1.54) is 14.9 Å². The molecule has 0 aliphatic rings. The SMILES string of the molecule is CC(Cc1ccc(Br)cc1)NC(C)c1sccc1Br. The minimum atomic E-state index is 0.375. The van der Waals surface area contributed by atoms with Crippen molar-refractivity contribution in [2.45, 2.75) is 32.4 Å². The molecular weight excluding hydrogens is 386 g/mol. The topological polar surface area (TPSA) is 12.0 Å². The molecule has 19 heavy (non-hydrogen) atoms. The molecule has 1 heterocycles. The van der Waals surface area contributed by atoms with Crippen LogP contribution in [0.3, 0.4) is 0 Å². The molecule has 1 nitrogen and oxygen atoms in total. The molecule has 102 valence electrons. The van der Waals surface area contributed by atoms with Gasteiger partial charge in [-0.3, -0.25) is 0 Å². The van der Waals surface area contributed by atoms with Crippen molar-refractivity contribution in [1.82, 2.24) is 5.32 Å². The fourth-order valence-corrected chi connectivity index (χ4v) is 4.15. The van der Waals surface area contributed by atoms with Gasteiger partial charge in [-0.05, 0) is 65.3 Å². The Morgan fingerprint density at radius 1 is 1.11 bits per heavy atom. The lowest BCUT2D eigenvalue weighted by Crippen LogP contribution is -2.30. The van der Waals surface area contributed by atoms with Gasteiger partial charge >= 0.3 is 0 Å².